The normalized spacial score (nSPS) is 46.3. The molecule has 80 valence electrons. The highest BCUT2D eigenvalue weighted by Gasteiger charge is 2.47. The van der Waals surface area contributed by atoms with Gasteiger partial charge in [-0.25, -0.2) is 4.79 Å². The molecule has 0 radical (unpaired) electrons. The first-order chi connectivity index (χ1) is 6.48. The zero-order valence-corrected chi connectivity index (χ0v) is 8.36. The van der Waals surface area contributed by atoms with E-state index in [1.807, 2.05) is 6.92 Å². The number of nitrogens with one attached hydrogen (secondary N) is 1. The van der Waals surface area contributed by atoms with Crippen molar-refractivity contribution >= 4 is 6.09 Å². The molecule has 0 aliphatic heterocycles. The van der Waals surface area contributed by atoms with Gasteiger partial charge in [-0.2, -0.15) is 0 Å². The summed E-state index contributed by atoms with van der Waals surface area (Å²) in [6.07, 6.45) is 2.36. The predicted octanol–water partition coefficient (Wildman–Crippen LogP) is 1.19. The molecule has 0 spiro atoms. The second kappa shape index (κ2) is 3.12. The molecule has 0 aromatic rings. The van der Waals surface area contributed by atoms with E-state index in [9.17, 15) is 9.90 Å². The zero-order valence-electron chi connectivity index (χ0n) is 8.36. The highest BCUT2D eigenvalue weighted by molar-refractivity contribution is 5.65. The van der Waals surface area contributed by atoms with Gasteiger partial charge in [0.2, 0.25) is 0 Å². The number of rotatable bonds is 1. The van der Waals surface area contributed by atoms with Crippen LogP contribution in [0.3, 0.4) is 0 Å². The minimum Gasteiger partial charge on any atom is -0.465 e. The summed E-state index contributed by atoms with van der Waals surface area (Å²) in [6.45, 7) is 1.96. The van der Waals surface area contributed by atoms with Crippen molar-refractivity contribution in [1.82, 2.24) is 5.32 Å². The molecule has 2 aliphatic carbocycles. The molecule has 14 heavy (non-hydrogen) atoms. The molecule has 2 rings (SSSR count). The number of aliphatic hydroxyl groups is 1. The van der Waals surface area contributed by atoms with Gasteiger partial charge >= 0.3 is 6.09 Å². The Kier molecular flexibility index (Phi) is 2.18. The Hall–Kier alpha value is -0.770. The average molecular weight is 199 g/mol. The molecule has 4 heteroatoms. The molecule has 2 fully saturated rings. The second-order valence-electron chi connectivity index (χ2n) is 5.04. The van der Waals surface area contributed by atoms with E-state index in [4.69, 9.17) is 5.11 Å². The molecule has 2 saturated carbocycles. The molecule has 4 atom stereocenters. The summed E-state index contributed by atoms with van der Waals surface area (Å²) in [5, 5.41) is 20.7. The van der Waals surface area contributed by atoms with E-state index in [0.717, 1.165) is 25.7 Å². The number of amides is 1. The lowest BCUT2D eigenvalue weighted by Crippen LogP contribution is -2.43. The smallest absolute Gasteiger partial charge is 0.405 e. The highest BCUT2D eigenvalue weighted by atomic mass is 16.4. The Morgan fingerprint density at radius 3 is 2.29 bits per heavy atom. The van der Waals surface area contributed by atoms with Gasteiger partial charge in [-0.1, -0.05) is 0 Å². The summed E-state index contributed by atoms with van der Waals surface area (Å²) < 4.78 is 0. The van der Waals surface area contributed by atoms with Gasteiger partial charge in [0.15, 0.2) is 0 Å². The van der Waals surface area contributed by atoms with Crippen molar-refractivity contribution in [2.45, 2.75) is 44.2 Å². The molecule has 0 aromatic heterocycles. The molecule has 0 aromatic carbocycles. The van der Waals surface area contributed by atoms with Crippen LogP contribution in [0.25, 0.3) is 0 Å². The lowest BCUT2D eigenvalue weighted by Gasteiger charge is -2.25. The van der Waals surface area contributed by atoms with Crippen molar-refractivity contribution in [3.8, 4) is 0 Å². The number of fused-ring (bicyclic) bond motifs is 1. The molecule has 3 N–H and O–H groups in total. The lowest BCUT2D eigenvalue weighted by molar-refractivity contribution is 0.158. The monoisotopic (exact) mass is 199 g/mol. The molecule has 2 aliphatic rings. The molecule has 0 saturated heterocycles. The van der Waals surface area contributed by atoms with Gasteiger partial charge in [0.1, 0.15) is 0 Å². The standard InChI is InChI=1S/C10H17NO3/c1-10(11-9(13)14)4-6-2-8(12)3-7(6)5-10/h6-8,11-12H,2-5H2,1H3,(H,13,14)/t6-,7+,8-,10+. The van der Waals surface area contributed by atoms with Crippen LogP contribution in [0.2, 0.25) is 0 Å². The van der Waals surface area contributed by atoms with Gasteiger partial charge in [-0.05, 0) is 44.4 Å². The van der Waals surface area contributed by atoms with Crippen LogP contribution in [0.15, 0.2) is 0 Å². The fourth-order valence-electron chi connectivity index (χ4n) is 3.28. The maximum atomic E-state index is 10.6. The SMILES string of the molecule is C[C@]1(NC(=O)O)C[C@H]2C[C@@H](O)C[C@H]2C1. The largest absolute Gasteiger partial charge is 0.465 e. The van der Waals surface area contributed by atoms with E-state index in [2.05, 4.69) is 5.32 Å². The van der Waals surface area contributed by atoms with Gasteiger partial charge in [-0.15, -0.1) is 0 Å². The number of hydrogen-bond donors (Lipinski definition) is 3. The molecule has 0 bridgehead atoms. The quantitative estimate of drug-likeness (QED) is 0.594. The predicted molar refractivity (Wildman–Crippen MR) is 51.0 cm³/mol. The van der Waals surface area contributed by atoms with Crippen molar-refractivity contribution in [1.29, 1.82) is 0 Å². The van der Waals surface area contributed by atoms with Gasteiger partial charge in [-0.3, -0.25) is 0 Å². The Morgan fingerprint density at radius 1 is 1.36 bits per heavy atom. The molecule has 0 heterocycles. The van der Waals surface area contributed by atoms with E-state index < -0.39 is 6.09 Å². The van der Waals surface area contributed by atoms with Crippen molar-refractivity contribution in [2.75, 3.05) is 0 Å². The first kappa shape index (κ1) is 9.77. The molecule has 0 unspecified atom stereocenters. The Labute approximate surface area is 83.3 Å². The summed E-state index contributed by atoms with van der Waals surface area (Å²) in [5.41, 5.74) is -0.263. The van der Waals surface area contributed by atoms with Crippen LogP contribution in [-0.2, 0) is 0 Å². The first-order valence-electron chi connectivity index (χ1n) is 5.18. The third-order valence-corrected chi connectivity index (χ3v) is 3.65. The topological polar surface area (TPSA) is 69.6 Å². The maximum absolute atomic E-state index is 10.6. The van der Waals surface area contributed by atoms with Crippen LogP contribution in [0, 0.1) is 11.8 Å². The van der Waals surface area contributed by atoms with E-state index in [0.29, 0.717) is 11.8 Å². The van der Waals surface area contributed by atoms with Gasteiger partial charge in [0, 0.05) is 5.54 Å². The average Bonchev–Trinajstić information content (AvgIpc) is 2.38. The van der Waals surface area contributed by atoms with Crippen LogP contribution in [0.1, 0.15) is 32.6 Å². The van der Waals surface area contributed by atoms with E-state index in [-0.39, 0.29) is 11.6 Å². The third-order valence-electron chi connectivity index (χ3n) is 3.65. The Bertz CT molecular complexity index is 240. The van der Waals surface area contributed by atoms with Crippen LogP contribution in [0.4, 0.5) is 4.79 Å². The van der Waals surface area contributed by atoms with Gasteiger partial charge < -0.3 is 15.5 Å². The van der Waals surface area contributed by atoms with E-state index in [1.165, 1.54) is 0 Å². The molecule has 4 nitrogen and oxygen atoms in total. The number of hydrogen-bond acceptors (Lipinski definition) is 2. The summed E-state index contributed by atoms with van der Waals surface area (Å²) in [5.74, 6) is 1.03. The lowest BCUT2D eigenvalue weighted by atomic mass is 9.96. The molecule has 1 amide bonds. The minimum atomic E-state index is -0.937. The van der Waals surface area contributed by atoms with Crippen molar-refractivity contribution < 1.29 is 15.0 Å². The molecular formula is C10H17NO3. The minimum absolute atomic E-state index is 0.153. The van der Waals surface area contributed by atoms with E-state index in [1.54, 1.807) is 0 Å². The summed E-state index contributed by atoms with van der Waals surface area (Å²) in [6, 6.07) is 0. The van der Waals surface area contributed by atoms with Crippen LogP contribution < -0.4 is 5.32 Å². The van der Waals surface area contributed by atoms with Crippen molar-refractivity contribution in [3.05, 3.63) is 0 Å². The van der Waals surface area contributed by atoms with Crippen LogP contribution in [-0.4, -0.2) is 27.9 Å². The first-order valence-corrected chi connectivity index (χ1v) is 5.18. The zero-order chi connectivity index (χ0) is 10.3. The van der Waals surface area contributed by atoms with Crippen LogP contribution in [0.5, 0.6) is 0 Å². The fourth-order valence-corrected chi connectivity index (χ4v) is 3.28. The third kappa shape index (κ3) is 1.71. The van der Waals surface area contributed by atoms with E-state index >= 15 is 0 Å². The summed E-state index contributed by atoms with van der Waals surface area (Å²) in [7, 11) is 0. The number of carboxylic acid groups (broad SMARTS) is 1. The van der Waals surface area contributed by atoms with Gasteiger partial charge in [0.25, 0.3) is 0 Å². The number of carbonyl (C=O) groups is 1. The van der Waals surface area contributed by atoms with Gasteiger partial charge in [0.05, 0.1) is 6.10 Å². The van der Waals surface area contributed by atoms with Crippen molar-refractivity contribution in [2.24, 2.45) is 11.8 Å². The fraction of sp³-hybridized carbons (Fsp3) is 0.900. The molecular weight excluding hydrogens is 182 g/mol. The Morgan fingerprint density at radius 2 is 1.86 bits per heavy atom. The van der Waals surface area contributed by atoms with Crippen molar-refractivity contribution in [3.63, 3.8) is 0 Å². The van der Waals surface area contributed by atoms with Crippen LogP contribution >= 0.6 is 0 Å². The Balaban J connectivity index is 1.99. The number of aliphatic hydroxyl groups excluding tert-OH is 1. The maximum Gasteiger partial charge on any atom is 0.405 e. The summed E-state index contributed by atoms with van der Waals surface area (Å²) >= 11 is 0. The second-order valence-corrected chi connectivity index (χ2v) is 5.04. The summed E-state index contributed by atoms with van der Waals surface area (Å²) in [4.78, 5) is 10.6. The highest BCUT2D eigenvalue weighted by Crippen LogP contribution is 2.48.